The third kappa shape index (κ3) is 1.66. The Labute approximate surface area is 110 Å². The molecule has 1 aliphatic carbocycles. The highest BCUT2D eigenvalue weighted by Gasteiger charge is 2.64. The average molecular weight is 245 g/mol. The molecule has 2 heteroatoms. The van der Waals surface area contributed by atoms with E-state index >= 15 is 0 Å². The van der Waals surface area contributed by atoms with E-state index in [2.05, 4.69) is 51.2 Å². The van der Waals surface area contributed by atoms with E-state index < -0.39 is 0 Å². The summed E-state index contributed by atoms with van der Waals surface area (Å²) in [5.74, 6) is 1.07. The minimum absolute atomic E-state index is 0.301. The molecule has 1 aliphatic heterocycles. The van der Waals surface area contributed by atoms with Gasteiger partial charge in [0.1, 0.15) is 11.9 Å². The molecule has 1 atom stereocenters. The summed E-state index contributed by atoms with van der Waals surface area (Å²) in [7, 11) is 0. The zero-order chi connectivity index (χ0) is 13.0. The average Bonchev–Trinajstić information content (AvgIpc) is 2.66. The van der Waals surface area contributed by atoms with E-state index in [1.165, 1.54) is 5.56 Å². The number of para-hydroxylation sites is 1. The lowest BCUT2D eigenvalue weighted by Gasteiger charge is -2.13. The van der Waals surface area contributed by atoms with Crippen molar-refractivity contribution in [1.29, 1.82) is 0 Å². The number of benzene rings is 1. The van der Waals surface area contributed by atoms with Crippen LogP contribution in [0.1, 0.15) is 33.3 Å². The van der Waals surface area contributed by atoms with Crippen molar-refractivity contribution >= 4 is 0 Å². The second kappa shape index (κ2) is 3.74. The number of hydrogen-bond donors (Lipinski definition) is 1. The van der Waals surface area contributed by atoms with Gasteiger partial charge in [-0.2, -0.15) is 0 Å². The first-order chi connectivity index (χ1) is 8.43. The van der Waals surface area contributed by atoms with Crippen molar-refractivity contribution in [2.24, 2.45) is 10.8 Å². The Kier molecular flexibility index (Phi) is 2.50. The van der Waals surface area contributed by atoms with E-state index in [0.717, 1.165) is 18.7 Å². The molecule has 0 aromatic heterocycles. The smallest absolute Gasteiger partial charge is 0.123 e. The van der Waals surface area contributed by atoms with Crippen molar-refractivity contribution in [3.63, 3.8) is 0 Å². The molecule has 1 heterocycles. The van der Waals surface area contributed by atoms with Gasteiger partial charge in [0.2, 0.25) is 0 Å². The van der Waals surface area contributed by atoms with E-state index in [1.807, 2.05) is 6.07 Å². The standard InChI is InChI=1S/C16H23NO/c1-15(2)14(16(15,3)4)17-10-12-9-11-7-5-6-8-13(11)18-12/h5-8,12,14,17H,9-10H2,1-4H3. The van der Waals surface area contributed by atoms with Crippen LogP contribution in [0.15, 0.2) is 24.3 Å². The zero-order valence-corrected chi connectivity index (χ0v) is 11.8. The molecule has 0 saturated heterocycles. The SMILES string of the molecule is CC1(C)C(NCC2Cc3ccccc3O2)C1(C)C. The molecule has 2 aliphatic rings. The van der Waals surface area contributed by atoms with Gasteiger partial charge in [-0.05, 0) is 22.5 Å². The monoisotopic (exact) mass is 245 g/mol. The van der Waals surface area contributed by atoms with Crippen LogP contribution in [0.5, 0.6) is 5.75 Å². The summed E-state index contributed by atoms with van der Waals surface area (Å²) in [6.07, 6.45) is 1.34. The van der Waals surface area contributed by atoms with Crippen LogP contribution in [-0.2, 0) is 6.42 Å². The van der Waals surface area contributed by atoms with E-state index in [4.69, 9.17) is 4.74 Å². The van der Waals surface area contributed by atoms with Crippen LogP contribution in [-0.4, -0.2) is 18.7 Å². The van der Waals surface area contributed by atoms with Gasteiger partial charge < -0.3 is 10.1 Å². The topological polar surface area (TPSA) is 21.3 Å². The Morgan fingerprint density at radius 2 is 1.83 bits per heavy atom. The molecule has 0 bridgehead atoms. The van der Waals surface area contributed by atoms with E-state index in [9.17, 15) is 0 Å². The third-order valence-corrected chi connectivity index (χ3v) is 5.28. The Balaban J connectivity index is 1.56. The highest BCUT2D eigenvalue weighted by molar-refractivity contribution is 5.37. The predicted molar refractivity (Wildman–Crippen MR) is 73.9 cm³/mol. The van der Waals surface area contributed by atoms with Gasteiger partial charge in [0.05, 0.1) is 0 Å². The second-order valence-electron chi connectivity index (χ2n) is 6.84. The lowest BCUT2D eigenvalue weighted by Crippen LogP contribution is -2.34. The molecule has 1 N–H and O–H groups in total. The summed E-state index contributed by atoms with van der Waals surface area (Å²) in [6.45, 7) is 10.3. The van der Waals surface area contributed by atoms with Crippen LogP contribution in [0, 0.1) is 10.8 Å². The molecule has 0 radical (unpaired) electrons. The van der Waals surface area contributed by atoms with Gasteiger partial charge in [0.25, 0.3) is 0 Å². The molecular formula is C16H23NO. The second-order valence-corrected chi connectivity index (χ2v) is 6.84. The number of ether oxygens (including phenoxy) is 1. The van der Waals surface area contributed by atoms with Gasteiger partial charge >= 0.3 is 0 Å². The van der Waals surface area contributed by atoms with Gasteiger partial charge in [-0.15, -0.1) is 0 Å². The van der Waals surface area contributed by atoms with Crippen LogP contribution in [0.25, 0.3) is 0 Å². The minimum atomic E-state index is 0.301. The molecular weight excluding hydrogens is 222 g/mol. The Morgan fingerprint density at radius 1 is 1.17 bits per heavy atom. The van der Waals surface area contributed by atoms with Gasteiger partial charge in [0, 0.05) is 19.0 Å². The summed E-state index contributed by atoms with van der Waals surface area (Å²) in [4.78, 5) is 0. The molecule has 0 amide bonds. The fourth-order valence-electron chi connectivity index (χ4n) is 3.32. The maximum absolute atomic E-state index is 5.96. The summed E-state index contributed by atoms with van der Waals surface area (Å²) in [6, 6.07) is 8.98. The van der Waals surface area contributed by atoms with Crippen molar-refractivity contribution in [3.05, 3.63) is 29.8 Å². The molecule has 1 fully saturated rings. The molecule has 1 saturated carbocycles. The first-order valence-corrected chi connectivity index (χ1v) is 6.91. The normalized spacial score (nSPS) is 27.7. The fraction of sp³-hybridized carbons (Fsp3) is 0.625. The van der Waals surface area contributed by atoms with E-state index in [-0.39, 0.29) is 0 Å². The first-order valence-electron chi connectivity index (χ1n) is 6.91. The van der Waals surface area contributed by atoms with Crippen LogP contribution in [0.4, 0.5) is 0 Å². The summed E-state index contributed by atoms with van der Waals surface area (Å²) < 4.78 is 5.96. The van der Waals surface area contributed by atoms with Crippen molar-refractivity contribution in [2.75, 3.05) is 6.54 Å². The highest BCUT2D eigenvalue weighted by atomic mass is 16.5. The van der Waals surface area contributed by atoms with E-state index in [1.54, 1.807) is 0 Å². The van der Waals surface area contributed by atoms with Crippen LogP contribution >= 0.6 is 0 Å². The Hall–Kier alpha value is -1.02. The molecule has 0 spiro atoms. The van der Waals surface area contributed by atoms with Crippen molar-refractivity contribution in [3.8, 4) is 5.75 Å². The van der Waals surface area contributed by atoms with Crippen molar-refractivity contribution in [1.82, 2.24) is 5.32 Å². The van der Waals surface area contributed by atoms with Gasteiger partial charge in [-0.1, -0.05) is 45.9 Å². The number of nitrogens with one attached hydrogen (secondary N) is 1. The van der Waals surface area contributed by atoms with E-state index in [0.29, 0.717) is 23.0 Å². The summed E-state index contributed by atoms with van der Waals surface area (Å²) in [5, 5.41) is 3.69. The van der Waals surface area contributed by atoms with Crippen molar-refractivity contribution in [2.45, 2.75) is 46.3 Å². The lowest BCUT2D eigenvalue weighted by atomic mass is 10.0. The molecule has 3 rings (SSSR count). The molecule has 1 aromatic rings. The van der Waals surface area contributed by atoms with Crippen LogP contribution in [0.2, 0.25) is 0 Å². The molecule has 1 aromatic carbocycles. The number of hydrogen-bond acceptors (Lipinski definition) is 2. The lowest BCUT2D eigenvalue weighted by molar-refractivity contribution is 0.224. The first kappa shape index (κ1) is 12.0. The third-order valence-electron chi connectivity index (χ3n) is 5.28. The van der Waals surface area contributed by atoms with Crippen molar-refractivity contribution < 1.29 is 4.74 Å². The summed E-state index contributed by atoms with van der Waals surface area (Å²) >= 11 is 0. The molecule has 1 unspecified atom stereocenters. The maximum atomic E-state index is 5.96. The molecule has 98 valence electrons. The summed E-state index contributed by atoms with van der Waals surface area (Å²) in [5.41, 5.74) is 2.15. The molecule has 18 heavy (non-hydrogen) atoms. The predicted octanol–water partition coefficient (Wildman–Crippen LogP) is 3.01. The number of rotatable bonds is 3. The Bertz CT molecular complexity index is 425. The minimum Gasteiger partial charge on any atom is -0.488 e. The Morgan fingerprint density at radius 3 is 2.44 bits per heavy atom. The fourth-order valence-corrected chi connectivity index (χ4v) is 3.32. The van der Waals surface area contributed by atoms with Gasteiger partial charge in [0.15, 0.2) is 0 Å². The van der Waals surface area contributed by atoms with Crippen LogP contribution in [0.3, 0.4) is 0 Å². The maximum Gasteiger partial charge on any atom is 0.123 e. The van der Waals surface area contributed by atoms with Gasteiger partial charge in [-0.3, -0.25) is 0 Å². The van der Waals surface area contributed by atoms with Crippen LogP contribution < -0.4 is 10.1 Å². The largest absolute Gasteiger partial charge is 0.488 e. The van der Waals surface area contributed by atoms with Gasteiger partial charge in [-0.25, -0.2) is 0 Å². The molecule has 2 nitrogen and oxygen atoms in total. The number of fused-ring (bicyclic) bond motifs is 1. The zero-order valence-electron chi connectivity index (χ0n) is 11.8. The highest BCUT2D eigenvalue weighted by Crippen LogP contribution is 2.62. The quantitative estimate of drug-likeness (QED) is 0.884.